The number of benzene rings is 1. The molecule has 2 rings (SSSR count). The Hall–Kier alpha value is -1.03. The number of aromatic nitrogens is 2. The summed E-state index contributed by atoms with van der Waals surface area (Å²) in [6.07, 6.45) is 0. The van der Waals surface area contributed by atoms with E-state index in [0.717, 1.165) is 26.8 Å². The van der Waals surface area contributed by atoms with E-state index in [1.165, 1.54) is 0 Å². The number of methoxy groups -OCH3 is 1. The Balaban J connectivity index is 2.87. The third kappa shape index (κ3) is 1.21. The fourth-order valence-electron chi connectivity index (χ4n) is 1.64. The Kier molecular flexibility index (Phi) is 2.23. The van der Waals surface area contributed by atoms with Gasteiger partial charge in [0.15, 0.2) is 0 Å². The van der Waals surface area contributed by atoms with Crippen LogP contribution in [0.2, 0.25) is 0 Å². The number of hydrogen-bond acceptors (Lipinski definition) is 2. The van der Waals surface area contributed by atoms with Crippen LogP contribution < -0.4 is 4.74 Å². The van der Waals surface area contributed by atoms with Gasteiger partial charge < -0.3 is 4.74 Å². The summed E-state index contributed by atoms with van der Waals surface area (Å²) in [5.74, 6) is 0.834. The molecule has 1 heterocycles. The molecule has 4 heteroatoms. The first kappa shape index (κ1) is 9.52. The van der Waals surface area contributed by atoms with Crippen LogP contribution in [0.3, 0.4) is 0 Å². The van der Waals surface area contributed by atoms with Crippen molar-refractivity contribution in [1.82, 2.24) is 9.78 Å². The van der Waals surface area contributed by atoms with Crippen LogP contribution >= 0.6 is 15.9 Å². The average Bonchev–Trinajstić information content (AvgIpc) is 2.44. The summed E-state index contributed by atoms with van der Waals surface area (Å²) < 4.78 is 8.05. The molecule has 74 valence electrons. The van der Waals surface area contributed by atoms with E-state index in [1.807, 2.05) is 30.8 Å². The van der Waals surface area contributed by atoms with Crippen molar-refractivity contribution < 1.29 is 4.74 Å². The van der Waals surface area contributed by atoms with Crippen LogP contribution in [0, 0.1) is 6.92 Å². The van der Waals surface area contributed by atoms with E-state index in [-0.39, 0.29) is 0 Å². The largest absolute Gasteiger partial charge is 0.495 e. The van der Waals surface area contributed by atoms with Crippen molar-refractivity contribution in [2.75, 3.05) is 7.11 Å². The molecule has 0 aliphatic heterocycles. The quantitative estimate of drug-likeness (QED) is 0.783. The van der Waals surface area contributed by atoms with Gasteiger partial charge in [-0.2, -0.15) is 5.10 Å². The molecule has 0 unspecified atom stereocenters. The van der Waals surface area contributed by atoms with Crippen molar-refractivity contribution in [1.29, 1.82) is 0 Å². The summed E-state index contributed by atoms with van der Waals surface area (Å²) in [6.45, 7) is 2.00. The zero-order valence-electron chi connectivity index (χ0n) is 8.34. The molecule has 1 aromatic carbocycles. The molecule has 2 aromatic rings. The van der Waals surface area contributed by atoms with Gasteiger partial charge in [-0.25, -0.2) is 0 Å². The molecular weight excluding hydrogens is 244 g/mol. The highest BCUT2D eigenvalue weighted by molar-refractivity contribution is 9.10. The van der Waals surface area contributed by atoms with Crippen molar-refractivity contribution in [3.63, 3.8) is 0 Å². The van der Waals surface area contributed by atoms with E-state index < -0.39 is 0 Å². The molecule has 0 saturated heterocycles. The van der Waals surface area contributed by atoms with Crippen LogP contribution in [0.5, 0.6) is 5.75 Å². The first-order valence-electron chi connectivity index (χ1n) is 4.31. The number of rotatable bonds is 1. The maximum Gasteiger partial charge on any atom is 0.135 e. The number of nitrogens with zero attached hydrogens (tertiary/aromatic N) is 2. The molecule has 0 aliphatic rings. The van der Waals surface area contributed by atoms with Crippen molar-refractivity contribution in [2.45, 2.75) is 6.92 Å². The molecule has 0 N–H and O–H groups in total. The van der Waals surface area contributed by atoms with E-state index in [1.54, 1.807) is 7.11 Å². The number of halogens is 1. The molecule has 0 aliphatic carbocycles. The van der Waals surface area contributed by atoms with Gasteiger partial charge in [0.2, 0.25) is 0 Å². The number of ether oxygens (including phenoxy) is 1. The van der Waals surface area contributed by atoms with E-state index in [9.17, 15) is 0 Å². The second-order valence-electron chi connectivity index (χ2n) is 3.19. The first-order valence-corrected chi connectivity index (χ1v) is 5.10. The van der Waals surface area contributed by atoms with Crippen LogP contribution in [0.15, 0.2) is 16.6 Å². The Morgan fingerprint density at radius 2 is 2.14 bits per heavy atom. The highest BCUT2D eigenvalue weighted by atomic mass is 79.9. The van der Waals surface area contributed by atoms with E-state index in [4.69, 9.17) is 4.74 Å². The van der Waals surface area contributed by atoms with Crippen molar-refractivity contribution in [2.24, 2.45) is 7.05 Å². The van der Waals surface area contributed by atoms with Gasteiger partial charge in [0.05, 0.1) is 22.8 Å². The van der Waals surface area contributed by atoms with Crippen molar-refractivity contribution >= 4 is 26.8 Å². The molecule has 0 amide bonds. The van der Waals surface area contributed by atoms with Gasteiger partial charge in [0, 0.05) is 12.4 Å². The smallest absolute Gasteiger partial charge is 0.135 e. The number of hydrogen-bond donors (Lipinski definition) is 0. The SMILES string of the molecule is COc1ccc2c(C)nn(C)c2c1Br. The fourth-order valence-corrected chi connectivity index (χ4v) is 2.41. The van der Waals surface area contributed by atoms with Crippen LogP contribution in [0.1, 0.15) is 5.69 Å². The number of aryl methyl sites for hydroxylation is 2. The monoisotopic (exact) mass is 254 g/mol. The van der Waals surface area contributed by atoms with Gasteiger partial charge in [0.25, 0.3) is 0 Å². The van der Waals surface area contributed by atoms with Gasteiger partial charge in [-0.05, 0) is 35.0 Å². The van der Waals surface area contributed by atoms with Gasteiger partial charge in [-0.3, -0.25) is 4.68 Å². The molecule has 0 radical (unpaired) electrons. The van der Waals surface area contributed by atoms with Crippen LogP contribution in [-0.4, -0.2) is 16.9 Å². The highest BCUT2D eigenvalue weighted by Gasteiger charge is 2.11. The maximum absolute atomic E-state index is 5.23. The Morgan fingerprint density at radius 3 is 2.79 bits per heavy atom. The maximum atomic E-state index is 5.23. The Bertz CT molecular complexity index is 490. The van der Waals surface area contributed by atoms with E-state index in [0.29, 0.717) is 0 Å². The van der Waals surface area contributed by atoms with Crippen LogP contribution in [0.25, 0.3) is 10.9 Å². The third-order valence-electron chi connectivity index (χ3n) is 2.31. The predicted octanol–water partition coefficient (Wildman–Crippen LogP) is 2.65. The van der Waals surface area contributed by atoms with Gasteiger partial charge in [-0.15, -0.1) is 0 Å². The molecule has 14 heavy (non-hydrogen) atoms. The lowest BCUT2D eigenvalue weighted by Crippen LogP contribution is -1.92. The lowest BCUT2D eigenvalue weighted by atomic mass is 10.2. The minimum absolute atomic E-state index is 0.834. The normalized spacial score (nSPS) is 10.9. The lowest BCUT2D eigenvalue weighted by molar-refractivity contribution is 0.412. The highest BCUT2D eigenvalue weighted by Crippen LogP contribution is 2.33. The number of fused-ring (bicyclic) bond motifs is 1. The second-order valence-corrected chi connectivity index (χ2v) is 3.98. The predicted molar refractivity (Wildman–Crippen MR) is 59.7 cm³/mol. The van der Waals surface area contributed by atoms with E-state index in [2.05, 4.69) is 21.0 Å². The van der Waals surface area contributed by atoms with Gasteiger partial charge >= 0.3 is 0 Å². The molecule has 1 aromatic heterocycles. The zero-order valence-corrected chi connectivity index (χ0v) is 9.92. The molecule has 0 fully saturated rings. The van der Waals surface area contributed by atoms with E-state index >= 15 is 0 Å². The van der Waals surface area contributed by atoms with Gasteiger partial charge in [0.1, 0.15) is 5.75 Å². The minimum Gasteiger partial charge on any atom is -0.495 e. The average molecular weight is 255 g/mol. The molecular formula is C10H11BrN2O. The fraction of sp³-hybridized carbons (Fsp3) is 0.300. The summed E-state index contributed by atoms with van der Waals surface area (Å²) in [7, 11) is 3.59. The summed E-state index contributed by atoms with van der Waals surface area (Å²) in [4.78, 5) is 0. The summed E-state index contributed by atoms with van der Waals surface area (Å²) in [5, 5.41) is 5.51. The Morgan fingerprint density at radius 1 is 1.43 bits per heavy atom. The summed E-state index contributed by atoms with van der Waals surface area (Å²) in [5.41, 5.74) is 2.10. The Labute approximate surface area is 90.8 Å². The molecule has 0 bridgehead atoms. The molecule has 0 atom stereocenters. The minimum atomic E-state index is 0.834. The van der Waals surface area contributed by atoms with Crippen LogP contribution in [0.4, 0.5) is 0 Å². The molecule has 0 spiro atoms. The summed E-state index contributed by atoms with van der Waals surface area (Å²) >= 11 is 3.52. The summed E-state index contributed by atoms with van der Waals surface area (Å²) in [6, 6.07) is 3.97. The van der Waals surface area contributed by atoms with Crippen molar-refractivity contribution in [3.05, 3.63) is 22.3 Å². The lowest BCUT2D eigenvalue weighted by Gasteiger charge is -2.04. The first-order chi connectivity index (χ1) is 6.65. The standard InChI is InChI=1S/C10H11BrN2O/c1-6-7-4-5-8(14-3)9(11)10(7)13(2)12-6/h4-5H,1-3H3. The second kappa shape index (κ2) is 3.28. The van der Waals surface area contributed by atoms with Gasteiger partial charge in [-0.1, -0.05) is 0 Å². The van der Waals surface area contributed by atoms with Crippen molar-refractivity contribution in [3.8, 4) is 5.75 Å². The topological polar surface area (TPSA) is 27.1 Å². The van der Waals surface area contributed by atoms with Crippen LogP contribution in [-0.2, 0) is 7.05 Å². The molecule has 0 saturated carbocycles. The zero-order chi connectivity index (χ0) is 10.3. The molecule has 3 nitrogen and oxygen atoms in total. The third-order valence-corrected chi connectivity index (χ3v) is 3.08.